The Labute approximate surface area is 165 Å². The standard InChI is InChI=1S/C18H27ClN8/c1-20-18(22-12-17-23-13-24-26(17)3)21-11-14-15(19)5-4-6-16(14)27-9-7-25(2)8-10-27/h4-6,13H,7-12H2,1-3H3,(H2,20,21,22). The van der Waals surface area contributed by atoms with Gasteiger partial charge in [0.2, 0.25) is 0 Å². The normalized spacial score (nSPS) is 15.9. The number of aryl methyl sites for hydroxylation is 1. The zero-order valence-electron chi connectivity index (χ0n) is 16.1. The zero-order chi connectivity index (χ0) is 19.2. The summed E-state index contributed by atoms with van der Waals surface area (Å²) in [4.78, 5) is 13.2. The first-order chi connectivity index (χ1) is 13.1. The molecule has 1 aromatic carbocycles. The number of guanidine groups is 1. The number of nitrogens with one attached hydrogen (secondary N) is 2. The number of rotatable bonds is 5. The fraction of sp³-hybridized carbons (Fsp3) is 0.500. The van der Waals surface area contributed by atoms with Crippen molar-refractivity contribution in [3.8, 4) is 0 Å². The van der Waals surface area contributed by atoms with Gasteiger partial charge in [-0.2, -0.15) is 5.10 Å². The molecule has 2 aromatic rings. The lowest BCUT2D eigenvalue weighted by Gasteiger charge is -2.35. The number of likely N-dealkylation sites (N-methyl/N-ethyl adjacent to an activating group) is 1. The predicted molar refractivity (Wildman–Crippen MR) is 109 cm³/mol. The molecular weight excluding hydrogens is 364 g/mol. The Hall–Kier alpha value is -2.32. The van der Waals surface area contributed by atoms with Gasteiger partial charge >= 0.3 is 0 Å². The minimum atomic E-state index is 0.546. The smallest absolute Gasteiger partial charge is 0.191 e. The molecule has 146 valence electrons. The van der Waals surface area contributed by atoms with Gasteiger partial charge in [0.25, 0.3) is 0 Å². The molecule has 2 heterocycles. The highest BCUT2D eigenvalue weighted by Crippen LogP contribution is 2.28. The molecule has 9 heteroatoms. The van der Waals surface area contributed by atoms with E-state index in [2.05, 4.69) is 48.6 Å². The van der Waals surface area contributed by atoms with Gasteiger partial charge in [0.05, 0.1) is 6.54 Å². The summed E-state index contributed by atoms with van der Waals surface area (Å²) in [5.74, 6) is 1.54. The number of piperazine rings is 1. The summed E-state index contributed by atoms with van der Waals surface area (Å²) in [6.45, 7) is 5.26. The number of anilines is 1. The van der Waals surface area contributed by atoms with Crippen LogP contribution >= 0.6 is 11.6 Å². The van der Waals surface area contributed by atoms with Crippen LogP contribution in [0, 0.1) is 0 Å². The predicted octanol–water partition coefficient (Wildman–Crippen LogP) is 1.09. The first kappa shape index (κ1) is 19.4. The summed E-state index contributed by atoms with van der Waals surface area (Å²) in [6, 6.07) is 6.10. The first-order valence-corrected chi connectivity index (χ1v) is 9.44. The first-order valence-electron chi connectivity index (χ1n) is 9.06. The number of hydrogen-bond acceptors (Lipinski definition) is 5. The van der Waals surface area contributed by atoms with Crippen molar-refractivity contribution in [2.45, 2.75) is 13.1 Å². The Morgan fingerprint density at radius 2 is 1.89 bits per heavy atom. The van der Waals surface area contributed by atoms with Crippen LogP contribution in [0.15, 0.2) is 29.5 Å². The second-order valence-electron chi connectivity index (χ2n) is 6.61. The van der Waals surface area contributed by atoms with Gasteiger partial charge in [-0.3, -0.25) is 9.67 Å². The number of benzene rings is 1. The molecular formula is C18H27ClN8. The summed E-state index contributed by atoms with van der Waals surface area (Å²) in [5.41, 5.74) is 2.28. The lowest BCUT2D eigenvalue weighted by atomic mass is 10.1. The van der Waals surface area contributed by atoms with Crippen molar-refractivity contribution in [2.24, 2.45) is 12.0 Å². The maximum absolute atomic E-state index is 6.52. The fourth-order valence-corrected chi connectivity index (χ4v) is 3.34. The van der Waals surface area contributed by atoms with Gasteiger partial charge in [0, 0.05) is 63.1 Å². The van der Waals surface area contributed by atoms with Gasteiger partial charge in [0.1, 0.15) is 12.2 Å². The van der Waals surface area contributed by atoms with Crippen LogP contribution in [0.5, 0.6) is 0 Å². The van der Waals surface area contributed by atoms with E-state index >= 15 is 0 Å². The molecule has 27 heavy (non-hydrogen) atoms. The van der Waals surface area contributed by atoms with Crippen molar-refractivity contribution in [1.29, 1.82) is 0 Å². The zero-order valence-corrected chi connectivity index (χ0v) is 16.9. The van der Waals surface area contributed by atoms with E-state index in [0.29, 0.717) is 19.0 Å². The van der Waals surface area contributed by atoms with Gasteiger partial charge in [-0.25, -0.2) is 4.98 Å². The maximum Gasteiger partial charge on any atom is 0.191 e. The van der Waals surface area contributed by atoms with Gasteiger partial charge < -0.3 is 20.4 Å². The highest BCUT2D eigenvalue weighted by Gasteiger charge is 2.18. The second-order valence-corrected chi connectivity index (χ2v) is 7.01. The van der Waals surface area contributed by atoms with Crippen molar-refractivity contribution in [2.75, 3.05) is 45.2 Å². The van der Waals surface area contributed by atoms with E-state index in [-0.39, 0.29) is 0 Å². The molecule has 3 rings (SSSR count). The minimum absolute atomic E-state index is 0.546. The van der Waals surface area contributed by atoms with Gasteiger partial charge in [-0.1, -0.05) is 17.7 Å². The molecule has 0 unspecified atom stereocenters. The number of hydrogen-bond donors (Lipinski definition) is 2. The Kier molecular flexibility index (Phi) is 6.52. The summed E-state index contributed by atoms with van der Waals surface area (Å²) < 4.78 is 1.74. The SMILES string of the molecule is CN=C(NCc1c(Cl)cccc1N1CCN(C)CC1)NCc1ncnn1C. The van der Waals surface area contributed by atoms with Gasteiger partial charge in [0.15, 0.2) is 5.96 Å². The molecule has 1 aliphatic rings. The number of aliphatic imine (C=N–C) groups is 1. The van der Waals surface area contributed by atoms with Gasteiger partial charge in [-0.05, 0) is 19.2 Å². The van der Waals surface area contributed by atoms with Crippen molar-refractivity contribution < 1.29 is 0 Å². The second kappa shape index (κ2) is 9.05. The van der Waals surface area contributed by atoms with E-state index in [1.165, 1.54) is 5.69 Å². The van der Waals surface area contributed by atoms with Crippen LogP contribution in [0.2, 0.25) is 5.02 Å². The van der Waals surface area contributed by atoms with E-state index in [4.69, 9.17) is 11.6 Å². The largest absolute Gasteiger partial charge is 0.369 e. The van der Waals surface area contributed by atoms with E-state index in [9.17, 15) is 0 Å². The van der Waals surface area contributed by atoms with E-state index in [1.54, 1.807) is 18.1 Å². The Bertz CT molecular complexity index is 779. The van der Waals surface area contributed by atoms with Gasteiger partial charge in [-0.15, -0.1) is 0 Å². The average molecular weight is 391 g/mol. The molecule has 0 spiro atoms. The topological polar surface area (TPSA) is 73.6 Å². The van der Waals surface area contributed by atoms with Crippen LogP contribution in [0.1, 0.15) is 11.4 Å². The quantitative estimate of drug-likeness (QED) is 0.588. The Morgan fingerprint density at radius 3 is 2.56 bits per heavy atom. The van der Waals surface area contributed by atoms with E-state index in [0.717, 1.165) is 42.6 Å². The molecule has 0 amide bonds. The molecule has 1 fully saturated rings. The molecule has 8 nitrogen and oxygen atoms in total. The van der Waals surface area contributed by atoms with E-state index in [1.807, 2.05) is 19.2 Å². The third-order valence-electron chi connectivity index (χ3n) is 4.81. The Morgan fingerprint density at radius 1 is 1.15 bits per heavy atom. The van der Waals surface area contributed by atoms with Crippen molar-refractivity contribution >= 4 is 23.2 Å². The summed E-state index contributed by atoms with van der Waals surface area (Å²) in [5, 5.41) is 11.5. The lowest BCUT2D eigenvalue weighted by molar-refractivity contribution is 0.312. The van der Waals surface area contributed by atoms with Crippen LogP contribution in [0.25, 0.3) is 0 Å². The molecule has 1 saturated heterocycles. The number of halogens is 1. The fourth-order valence-electron chi connectivity index (χ4n) is 3.10. The molecule has 0 saturated carbocycles. The monoisotopic (exact) mass is 390 g/mol. The molecule has 0 atom stereocenters. The third-order valence-corrected chi connectivity index (χ3v) is 5.17. The summed E-state index contributed by atoms with van der Waals surface area (Å²) in [7, 11) is 5.77. The maximum atomic E-state index is 6.52. The van der Waals surface area contributed by atoms with Crippen molar-refractivity contribution in [1.82, 2.24) is 30.3 Å². The molecule has 0 radical (unpaired) electrons. The summed E-state index contributed by atoms with van der Waals surface area (Å²) >= 11 is 6.52. The molecule has 1 aromatic heterocycles. The van der Waals surface area contributed by atoms with Crippen molar-refractivity contribution in [3.05, 3.63) is 40.9 Å². The van der Waals surface area contributed by atoms with Crippen LogP contribution in [-0.2, 0) is 20.1 Å². The van der Waals surface area contributed by atoms with E-state index < -0.39 is 0 Å². The minimum Gasteiger partial charge on any atom is -0.369 e. The summed E-state index contributed by atoms with van der Waals surface area (Å²) in [6.07, 6.45) is 1.54. The molecule has 1 aliphatic heterocycles. The van der Waals surface area contributed by atoms with Crippen LogP contribution in [0.3, 0.4) is 0 Å². The molecule has 2 N–H and O–H groups in total. The number of nitrogens with zero attached hydrogens (tertiary/aromatic N) is 6. The lowest BCUT2D eigenvalue weighted by Crippen LogP contribution is -2.45. The highest BCUT2D eigenvalue weighted by molar-refractivity contribution is 6.31. The van der Waals surface area contributed by atoms with Crippen LogP contribution in [0.4, 0.5) is 5.69 Å². The number of aromatic nitrogens is 3. The van der Waals surface area contributed by atoms with Crippen molar-refractivity contribution in [3.63, 3.8) is 0 Å². The highest BCUT2D eigenvalue weighted by atomic mass is 35.5. The third kappa shape index (κ3) is 4.90. The van der Waals surface area contributed by atoms with Crippen LogP contribution in [-0.4, -0.2) is 65.9 Å². The molecule has 0 bridgehead atoms. The molecule has 0 aliphatic carbocycles. The van der Waals surface area contributed by atoms with Crippen LogP contribution < -0.4 is 15.5 Å². The average Bonchev–Trinajstić information content (AvgIpc) is 3.08. The Balaban J connectivity index is 1.65.